The number of carbonyl (C=O) groups is 1. The summed E-state index contributed by atoms with van der Waals surface area (Å²) in [7, 11) is 0. The minimum absolute atomic E-state index is 0.126. The lowest BCUT2D eigenvalue weighted by Gasteiger charge is -2.26. The van der Waals surface area contributed by atoms with Gasteiger partial charge in [-0.15, -0.1) is 0 Å². The van der Waals surface area contributed by atoms with Crippen molar-refractivity contribution in [1.82, 2.24) is 10.1 Å². The first-order chi connectivity index (χ1) is 9.15. The number of aromatic nitrogens is 1. The monoisotopic (exact) mass is 280 g/mol. The molecule has 0 aliphatic carbocycles. The molecule has 2 heterocycles. The van der Waals surface area contributed by atoms with Gasteiger partial charge in [-0.25, -0.2) is 4.39 Å². The standard InChI is InChI=1S/C13H10ClFN2O2/c14-11-5-9(15)1-2-10(11)13(18)17-4-3-12-8(7-17)6-16-19-12/h1-2,5-6H,3-4,7H2. The first-order valence-electron chi connectivity index (χ1n) is 5.82. The zero-order chi connectivity index (χ0) is 13.4. The van der Waals surface area contributed by atoms with Gasteiger partial charge in [-0.3, -0.25) is 4.79 Å². The lowest BCUT2D eigenvalue weighted by molar-refractivity contribution is 0.0729. The van der Waals surface area contributed by atoms with E-state index >= 15 is 0 Å². The van der Waals surface area contributed by atoms with E-state index in [2.05, 4.69) is 5.16 Å². The van der Waals surface area contributed by atoms with Gasteiger partial charge in [0.25, 0.3) is 5.91 Å². The van der Waals surface area contributed by atoms with Crippen LogP contribution in [0.3, 0.4) is 0 Å². The molecule has 1 aliphatic rings. The van der Waals surface area contributed by atoms with Crippen LogP contribution in [0.25, 0.3) is 0 Å². The van der Waals surface area contributed by atoms with E-state index in [4.69, 9.17) is 16.1 Å². The summed E-state index contributed by atoms with van der Waals surface area (Å²) in [4.78, 5) is 14.0. The maximum Gasteiger partial charge on any atom is 0.255 e. The molecule has 0 saturated heterocycles. The topological polar surface area (TPSA) is 46.3 Å². The van der Waals surface area contributed by atoms with Crippen LogP contribution >= 0.6 is 11.6 Å². The van der Waals surface area contributed by atoms with E-state index < -0.39 is 5.82 Å². The van der Waals surface area contributed by atoms with Crippen LogP contribution < -0.4 is 0 Å². The van der Waals surface area contributed by atoms with E-state index in [-0.39, 0.29) is 10.9 Å². The molecule has 6 heteroatoms. The first-order valence-corrected chi connectivity index (χ1v) is 6.19. The van der Waals surface area contributed by atoms with Crippen molar-refractivity contribution < 1.29 is 13.7 Å². The smallest absolute Gasteiger partial charge is 0.255 e. The fourth-order valence-corrected chi connectivity index (χ4v) is 2.40. The van der Waals surface area contributed by atoms with E-state index in [1.54, 1.807) is 11.1 Å². The highest BCUT2D eigenvalue weighted by molar-refractivity contribution is 6.33. The second-order valence-electron chi connectivity index (χ2n) is 4.38. The first kappa shape index (κ1) is 12.2. The molecule has 2 aromatic rings. The summed E-state index contributed by atoms with van der Waals surface area (Å²) in [5.41, 5.74) is 1.21. The number of fused-ring (bicyclic) bond motifs is 1. The SMILES string of the molecule is O=C(c1ccc(F)cc1Cl)N1CCc2oncc2C1. The molecule has 98 valence electrons. The number of hydrogen-bond acceptors (Lipinski definition) is 3. The van der Waals surface area contributed by atoms with Gasteiger partial charge in [0.2, 0.25) is 0 Å². The van der Waals surface area contributed by atoms with Gasteiger partial charge in [0, 0.05) is 18.5 Å². The number of nitrogens with zero attached hydrogens (tertiary/aromatic N) is 2. The molecule has 4 nitrogen and oxygen atoms in total. The summed E-state index contributed by atoms with van der Waals surface area (Å²) in [6, 6.07) is 3.78. The van der Waals surface area contributed by atoms with E-state index in [0.717, 1.165) is 17.4 Å². The van der Waals surface area contributed by atoms with Crippen LogP contribution in [0.1, 0.15) is 21.7 Å². The molecule has 3 rings (SSSR count). The van der Waals surface area contributed by atoms with Crippen molar-refractivity contribution in [3.63, 3.8) is 0 Å². The quantitative estimate of drug-likeness (QED) is 0.807. The molecule has 1 aromatic carbocycles. The molecule has 0 N–H and O–H groups in total. The van der Waals surface area contributed by atoms with Gasteiger partial charge in [-0.1, -0.05) is 16.8 Å². The molecule has 0 radical (unpaired) electrons. The normalized spacial score (nSPS) is 14.3. The molecule has 19 heavy (non-hydrogen) atoms. The van der Waals surface area contributed by atoms with Crippen LogP contribution in [0.2, 0.25) is 5.02 Å². The highest BCUT2D eigenvalue weighted by Crippen LogP contribution is 2.23. The van der Waals surface area contributed by atoms with Crippen molar-refractivity contribution in [2.24, 2.45) is 0 Å². The number of hydrogen-bond donors (Lipinski definition) is 0. The molecule has 1 aromatic heterocycles. The van der Waals surface area contributed by atoms with E-state index in [0.29, 0.717) is 25.1 Å². The zero-order valence-electron chi connectivity index (χ0n) is 9.90. The van der Waals surface area contributed by atoms with E-state index in [1.807, 2.05) is 0 Å². The Hall–Kier alpha value is -1.88. The Balaban J connectivity index is 1.85. The summed E-state index contributed by atoms with van der Waals surface area (Å²) in [5, 5.41) is 3.84. The minimum Gasteiger partial charge on any atom is -0.361 e. The van der Waals surface area contributed by atoms with Gasteiger partial charge in [-0.05, 0) is 18.2 Å². The molecular formula is C13H10ClFN2O2. The second-order valence-corrected chi connectivity index (χ2v) is 4.78. The summed E-state index contributed by atoms with van der Waals surface area (Å²) in [6.45, 7) is 0.972. The number of amides is 1. The Bertz CT molecular complexity index is 641. The highest BCUT2D eigenvalue weighted by Gasteiger charge is 2.25. The minimum atomic E-state index is -0.457. The molecule has 0 bridgehead atoms. The van der Waals surface area contributed by atoms with Gasteiger partial charge >= 0.3 is 0 Å². The summed E-state index contributed by atoms with van der Waals surface area (Å²) < 4.78 is 18.0. The molecule has 0 spiro atoms. The molecule has 0 fully saturated rings. The predicted molar refractivity (Wildman–Crippen MR) is 66.4 cm³/mol. The second kappa shape index (κ2) is 4.66. The van der Waals surface area contributed by atoms with Gasteiger partial charge in [-0.2, -0.15) is 0 Å². The number of benzene rings is 1. The number of halogens is 2. The van der Waals surface area contributed by atoms with Crippen LogP contribution in [0.5, 0.6) is 0 Å². The van der Waals surface area contributed by atoms with Crippen molar-refractivity contribution in [2.45, 2.75) is 13.0 Å². The maximum absolute atomic E-state index is 13.0. The predicted octanol–water partition coefficient (Wildman–Crippen LogP) is 2.67. The van der Waals surface area contributed by atoms with Gasteiger partial charge < -0.3 is 9.42 Å². The maximum atomic E-state index is 13.0. The lowest BCUT2D eigenvalue weighted by atomic mass is 10.1. The Morgan fingerprint density at radius 3 is 3.11 bits per heavy atom. The van der Waals surface area contributed by atoms with Crippen LogP contribution in [-0.4, -0.2) is 22.5 Å². The lowest BCUT2D eigenvalue weighted by Crippen LogP contribution is -2.35. The third-order valence-electron chi connectivity index (χ3n) is 3.15. The largest absolute Gasteiger partial charge is 0.361 e. The van der Waals surface area contributed by atoms with Crippen LogP contribution in [0.15, 0.2) is 28.9 Å². The molecular weight excluding hydrogens is 271 g/mol. The Kier molecular flexibility index (Phi) is 2.98. The van der Waals surface area contributed by atoms with E-state index in [1.165, 1.54) is 12.1 Å². The third-order valence-corrected chi connectivity index (χ3v) is 3.46. The molecule has 0 saturated carbocycles. The summed E-state index contributed by atoms with van der Waals surface area (Å²) in [5.74, 6) is 0.146. The van der Waals surface area contributed by atoms with Crippen LogP contribution in [-0.2, 0) is 13.0 Å². The fraction of sp³-hybridized carbons (Fsp3) is 0.231. The Labute approximate surface area is 113 Å². The number of carbonyl (C=O) groups excluding carboxylic acids is 1. The Morgan fingerprint density at radius 1 is 1.47 bits per heavy atom. The van der Waals surface area contributed by atoms with Crippen molar-refractivity contribution in [1.29, 1.82) is 0 Å². The average Bonchev–Trinajstić information content (AvgIpc) is 2.85. The molecule has 1 amide bonds. The summed E-state index contributed by atoms with van der Waals surface area (Å²) >= 11 is 5.90. The molecule has 0 atom stereocenters. The summed E-state index contributed by atoms with van der Waals surface area (Å²) in [6.07, 6.45) is 2.24. The third kappa shape index (κ3) is 2.21. The van der Waals surface area contributed by atoms with Gasteiger partial charge in [0.1, 0.15) is 11.6 Å². The molecule has 0 unspecified atom stereocenters. The van der Waals surface area contributed by atoms with Crippen molar-refractivity contribution in [3.8, 4) is 0 Å². The van der Waals surface area contributed by atoms with Crippen molar-refractivity contribution in [2.75, 3.05) is 6.54 Å². The zero-order valence-corrected chi connectivity index (χ0v) is 10.7. The fourth-order valence-electron chi connectivity index (χ4n) is 2.15. The van der Waals surface area contributed by atoms with Crippen molar-refractivity contribution >= 4 is 17.5 Å². The van der Waals surface area contributed by atoms with E-state index in [9.17, 15) is 9.18 Å². The highest BCUT2D eigenvalue weighted by atomic mass is 35.5. The van der Waals surface area contributed by atoms with Crippen LogP contribution in [0.4, 0.5) is 4.39 Å². The Morgan fingerprint density at radius 2 is 2.32 bits per heavy atom. The average molecular weight is 281 g/mol. The van der Waals surface area contributed by atoms with Crippen molar-refractivity contribution in [3.05, 3.63) is 52.1 Å². The number of rotatable bonds is 1. The molecule has 1 aliphatic heterocycles. The van der Waals surface area contributed by atoms with Crippen LogP contribution in [0, 0.1) is 5.82 Å². The van der Waals surface area contributed by atoms with Gasteiger partial charge in [0.15, 0.2) is 0 Å². The van der Waals surface area contributed by atoms with Gasteiger partial charge in [0.05, 0.1) is 23.3 Å².